The molecule has 0 bridgehead atoms. The van der Waals surface area contributed by atoms with E-state index in [4.69, 9.17) is 4.74 Å². The van der Waals surface area contributed by atoms with Crippen LogP contribution in [-0.4, -0.2) is 18.1 Å². The number of nitrogens with zero attached hydrogens (tertiary/aromatic N) is 1. The monoisotopic (exact) mass is 201 g/mol. The van der Waals surface area contributed by atoms with Gasteiger partial charge in [-0.1, -0.05) is 19.0 Å². The number of ether oxygens (including phenoxy) is 1. The Balaban J connectivity index is 3.99. The van der Waals surface area contributed by atoms with Gasteiger partial charge in [-0.25, -0.2) is 4.79 Å². The van der Waals surface area contributed by atoms with Gasteiger partial charge in [0.15, 0.2) is 6.04 Å². The van der Waals surface area contributed by atoms with Crippen LogP contribution in [-0.2, 0) is 9.53 Å². The van der Waals surface area contributed by atoms with Crippen LogP contribution in [0.4, 0.5) is 0 Å². The average molecular weight is 201 g/mol. The van der Waals surface area contributed by atoms with Gasteiger partial charge in [0.25, 0.3) is 0 Å². The fourth-order valence-electron chi connectivity index (χ4n) is 1.02. The second kappa shape index (κ2) is 6.51. The summed E-state index contributed by atoms with van der Waals surface area (Å²) in [6.45, 7) is 7.58. The van der Waals surface area contributed by atoms with Crippen molar-refractivity contribution in [3.63, 3.8) is 0 Å². The summed E-state index contributed by atoms with van der Waals surface area (Å²) >= 11 is 0. The van der Waals surface area contributed by atoms with E-state index in [1.165, 1.54) is 0 Å². The van der Waals surface area contributed by atoms with Gasteiger partial charge in [-0.05, 0) is 32.6 Å². The van der Waals surface area contributed by atoms with Crippen LogP contribution in [0.15, 0.2) is 5.18 Å². The summed E-state index contributed by atoms with van der Waals surface area (Å²) in [6, 6.07) is -0.834. The second-order valence-electron chi connectivity index (χ2n) is 4.08. The molecule has 0 fully saturated rings. The lowest BCUT2D eigenvalue weighted by Crippen LogP contribution is -2.24. The molecule has 0 aliphatic heterocycles. The summed E-state index contributed by atoms with van der Waals surface area (Å²) in [5.41, 5.74) is 0. The zero-order valence-electron chi connectivity index (χ0n) is 9.32. The van der Waals surface area contributed by atoms with E-state index in [1.54, 1.807) is 13.8 Å². The number of esters is 1. The van der Waals surface area contributed by atoms with Crippen molar-refractivity contribution in [3.8, 4) is 0 Å². The highest BCUT2D eigenvalue weighted by atomic mass is 16.5. The smallest absolute Gasteiger partial charge is 0.334 e. The van der Waals surface area contributed by atoms with Gasteiger partial charge in [-0.2, -0.15) is 0 Å². The molecule has 82 valence electrons. The SMILES string of the molecule is CC(C)CCC(N=O)C(=O)OC(C)C. The van der Waals surface area contributed by atoms with Crippen molar-refractivity contribution in [2.75, 3.05) is 0 Å². The first-order chi connectivity index (χ1) is 6.47. The Morgan fingerprint density at radius 2 is 1.79 bits per heavy atom. The van der Waals surface area contributed by atoms with E-state index < -0.39 is 12.0 Å². The van der Waals surface area contributed by atoms with Crippen LogP contribution in [0.2, 0.25) is 0 Å². The quantitative estimate of drug-likeness (QED) is 0.490. The van der Waals surface area contributed by atoms with Gasteiger partial charge in [-0.3, -0.25) is 0 Å². The van der Waals surface area contributed by atoms with Gasteiger partial charge < -0.3 is 4.74 Å². The van der Waals surface area contributed by atoms with E-state index in [9.17, 15) is 9.70 Å². The third-order valence-corrected chi connectivity index (χ3v) is 1.77. The van der Waals surface area contributed by atoms with Crippen LogP contribution < -0.4 is 0 Å². The summed E-state index contributed by atoms with van der Waals surface area (Å²) in [4.78, 5) is 21.7. The van der Waals surface area contributed by atoms with Crippen molar-refractivity contribution < 1.29 is 9.53 Å². The summed E-state index contributed by atoms with van der Waals surface area (Å²) < 4.78 is 4.90. The van der Waals surface area contributed by atoms with Crippen LogP contribution in [0.25, 0.3) is 0 Å². The van der Waals surface area contributed by atoms with Crippen LogP contribution in [0.1, 0.15) is 40.5 Å². The third kappa shape index (κ3) is 5.67. The molecule has 0 heterocycles. The molecule has 0 aliphatic carbocycles. The molecular weight excluding hydrogens is 182 g/mol. The van der Waals surface area contributed by atoms with Crippen LogP contribution in [0, 0.1) is 10.8 Å². The first-order valence-electron chi connectivity index (χ1n) is 5.00. The maximum atomic E-state index is 11.3. The highest BCUT2D eigenvalue weighted by molar-refractivity contribution is 5.76. The molecule has 0 saturated carbocycles. The van der Waals surface area contributed by atoms with Gasteiger partial charge in [-0.15, -0.1) is 4.91 Å². The van der Waals surface area contributed by atoms with E-state index in [-0.39, 0.29) is 6.10 Å². The molecular formula is C10H19NO3. The minimum atomic E-state index is -0.834. The zero-order chi connectivity index (χ0) is 11.1. The number of rotatable bonds is 6. The molecule has 0 aromatic rings. The number of carbonyl (C=O) groups excluding carboxylic acids is 1. The normalized spacial score (nSPS) is 13.0. The fraction of sp³-hybridized carbons (Fsp3) is 0.900. The molecule has 0 amide bonds. The molecule has 14 heavy (non-hydrogen) atoms. The zero-order valence-corrected chi connectivity index (χ0v) is 9.32. The summed E-state index contributed by atoms with van der Waals surface area (Å²) in [7, 11) is 0. The molecule has 0 aliphatic rings. The lowest BCUT2D eigenvalue weighted by atomic mass is 10.0. The second-order valence-corrected chi connectivity index (χ2v) is 4.08. The number of hydrogen-bond donors (Lipinski definition) is 0. The molecule has 0 spiro atoms. The number of carbonyl (C=O) groups is 1. The van der Waals surface area contributed by atoms with Crippen molar-refractivity contribution in [3.05, 3.63) is 4.91 Å². The summed E-state index contributed by atoms with van der Waals surface area (Å²) in [5, 5.41) is 2.79. The topological polar surface area (TPSA) is 55.7 Å². The number of hydrogen-bond acceptors (Lipinski definition) is 4. The Morgan fingerprint density at radius 3 is 2.14 bits per heavy atom. The maximum Gasteiger partial charge on any atom is 0.334 e. The van der Waals surface area contributed by atoms with Crippen LogP contribution in [0.3, 0.4) is 0 Å². The van der Waals surface area contributed by atoms with Crippen molar-refractivity contribution in [2.45, 2.75) is 52.7 Å². The van der Waals surface area contributed by atoms with Crippen molar-refractivity contribution >= 4 is 5.97 Å². The Hall–Kier alpha value is -0.930. The van der Waals surface area contributed by atoms with Gasteiger partial charge >= 0.3 is 5.97 Å². The molecule has 0 aromatic heterocycles. The van der Waals surface area contributed by atoms with E-state index in [0.717, 1.165) is 6.42 Å². The van der Waals surface area contributed by atoms with Crippen molar-refractivity contribution in [2.24, 2.45) is 11.1 Å². The maximum absolute atomic E-state index is 11.3. The largest absolute Gasteiger partial charge is 0.461 e. The standard InChI is InChI=1S/C10H19NO3/c1-7(2)5-6-9(11-13)10(12)14-8(3)4/h7-9H,5-6H2,1-4H3. The Kier molecular flexibility index (Phi) is 6.08. The molecule has 4 nitrogen and oxygen atoms in total. The van der Waals surface area contributed by atoms with Gasteiger partial charge in [0.1, 0.15) is 0 Å². The molecule has 1 unspecified atom stereocenters. The lowest BCUT2D eigenvalue weighted by Gasteiger charge is -2.12. The van der Waals surface area contributed by atoms with E-state index in [1.807, 2.05) is 13.8 Å². The summed E-state index contributed by atoms with van der Waals surface area (Å²) in [6.07, 6.45) is 1.10. The van der Waals surface area contributed by atoms with Crippen molar-refractivity contribution in [1.29, 1.82) is 0 Å². The minimum Gasteiger partial charge on any atom is -0.461 e. The highest BCUT2D eigenvalue weighted by Gasteiger charge is 2.21. The Morgan fingerprint density at radius 1 is 1.21 bits per heavy atom. The molecule has 0 N–H and O–H groups in total. The molecule has 4 heteroatoms. The minimum absolute atomic E-state index is 0.189. The van der Waals surface area contributed by atoms with Gasteiger partial charge in [0, 0.05) is 0 Å². The van der Waals surface area contributed by atoms with Crippen LogP contribution in [0.5, 0.6) is 0 Å². The lowest BCUT2D eigenvalue weighted by molar-refractivity contribution is -0.149. The van der Waals surface area contributed by atoms with E-state index in [0.29, 0.717) is 12.3 Å². The molecule has 0 aromatic carbocycles. The van der Waals surface area contributed by atoms with Gasteiger partial charge in [0.2, 0.25) is 0 Å². The van der Waals surface area contributed by atoms with E-state index in [2.05, 4.69) is 5.18 Å². The fourth-order valence-corrected chi connectivity index (χ4v) is 1.02. The Labute approximate surface area is 85.0 Å². The number of nitroso groups, excluding NO2 is 1. The third-order valence-electron chi connectivity index (χ3n) is 1.77. The van der Waals surface area contributed by atoms with Crippen molar-refractivity contribution in [1.82, 2.24) is 0 Å². The molecule has 0 rings (SSSR count). The highest BCUT2D eigenvalue weighted by Crippen LogP contribution is 2.11. The molecule has 1 atom stereocenters. The van der Waals surface area contributed by atoms with E-state index >= 15 is 0 Å². The van der Waals surface area contributed by atoms with Gasteiger partial charge in [0.05, 0.1) is 6.10 Å². The first-order valence-corrected chi connectivity index (χ1v) is 5.00. The summed E-state index contributed by atoms with van der Waals surface area (Å²) in [5.74, 6) is -0.0400. The average Bonchev–Trinajstić information content (AvgIpc) is 2.03. The van der Waals surface area contributed by atoms with Crippen LogP contribution >= 0.6 is 0 Å². The Bertz CT molecular complexity index is 190. The predicted molar refractivity (Wildman–Crippen MR) is 54.9 cm³/mol. The first kappa shape index (κ1) is 13.1. The molecule has 0 saturated heterocycles. The molecule has 0 radical (unpaired) electrons. The predicted octanol–water partition coefficient (Wildman–Crippen LogP) is 2.51.